The van der Waals surface area contributed by atoms with Crippen molar-refractivity contribution < 1.29 is 0 Å². The number of aromatic nitrogens is 4. The summed E-state index contributed by atoms with van der Waals surface area (Å²) in [5.41, 5.74) is 8.79. The third-order valence-electron chi connectivity index (χ3n) is 4.93. The van der Waals surface area contributed by atoms with Crippen LogP contribution in [0.2, 0.25) is 10.0 Å². The molecule has 8 heteroatoms. The van der Waals surface area contributed by atoms with Crippen molar-refractivity contribution >= 4 is 39.9 Å². The molecule has 0 aliphatic rings. The Morgan fingerprint density at radius 2 is 1.35 bits per heavy atom. The number of benzene rings is 3. The first-order valence-electron chi connectivity index (χ1n) is 9.40. The molecule has 31 heavy (non-hydrogen) atoms. The van der Waals surface area contributed by atoms with Gasteiger partial charge in [0.15, 0.2) is 5.65 Å². The van der Waals surface area contributed by atoms with E-state index >= 15 is 0 Å². The van der Waals surface area contributed by atoms with Crippen molar-refractivity contribution in [3.8, 4) is 22.8 Å². The maximum Gasteiger partial charge on any atom is 0.269 e. The minimum atomic E-state index is -0.237. The fraction of sp³-hybridized carbons (Fsp3) is 0. The standard InChI is InChI=1S/C23H15Cl2N5O/c24-15-3-1-14(2-4-15)21-28-22-20(13-27-30(22)19-11-7-17(26)8-12-19)23(31)29(21)18-9-5-16(25)6-10-18/h1-13H,26H2. The maximum absolute atomic E-state index is 13.6. The van der Waals surface area contributed by atoms with Crippen LogP contribution < -0.4 is 11.3 Å². The molecule has 0 atom stereocenters. The molecule has 2 heterocycles. The molecular formula is C23H15Cl2N5O. The third kappa shape index (κ3) is 3.46. The number of nitrogens with zero attached hydrogens (tertiary/aromatic N) is 4. The Hall–Kier alpha value is -3.61. The third-order valence-corrected chi connectivity index (χ3v) is 5.43. The Morgan fingerprint density at radius 3 is 2.00 bits per heavy atom. The molecule has 0 bridgehead atoms. The zero-order valence-corrected chi connectivity index (χ0v) is 17.5. The second-order valence-electron chi connectivity index (χ2n) is 6.94. The first-order valence-corrected chi connectivity index (χ1v) is 10.2. The lowest BCUT2D eigenvalue weighted by Gasteiger charge is -2.13. The average molecular weight is 448 g/mol. The molecule has 0 aliphatic carbocycles. The zero-order valence-electron chi connectivity index (χ0n) is 16.0. The van der Waals surface area contributed by atoms with Crippen LogP contribution in [0.3, 0.4) is 0 Å². The van der Waals surface area contributed by atoms with Gasteiger partial charge in [0.2, 0.25) is 0 Å². The van der Waals surface area contributed by atoms with Crippen LogP contribution in [-0.4, -0.2) is 19.3 Å². The van der Waals surface area contributed by atoms with Gasteiger partial charge in [-0.25, -0.2) is 9.67 Å². The number of fused-ring (bicyclic) bond motifs is 1. The van der Waals surface area contributed by atoms with E-state index in [9.17, 15) is 4.79 Å². The molecule has 2 N–H and O–H groups in total. The van der Waals surface area contributed by atoms with Gasteiger partial charge < -0.3 is 5.73 Å². The molecule has 0 saturated heterocycles. The minimum absolute atomic E-state index is 0.237. The number of rotatable bonds is 3. The largest absolute Gasteiger partial charge is 0.399 e. The number of nitrogens with two attached hydrogens (primary N) is 1. The zero-order chi connectivity index (χ0) is 21.5. The Morgan fingerprint density at radius 1 is 0.774 bits per heavy atom. The monoisotopic (exact) mass is 447 g/mol. The normalized spacial score (nSPS) is 11.2. The van der Waals surface area contributed by atoms with E-state index in [1.807, 2.05) is 24.3 Å². The fourth-order valence-corrected chi connectivity index (χ4v) is 3.65. The molecule has 0 aliphatic heterocycles. The van der Waals surface area contributed by atoms with Crippen LogP contribution in [0.15, 0.2) is 83.8 Å². The van der Waals surface area contributed by atoms with Gasteiger partial charge in [0.1, 0.15) is 11.2 Å². The SMILES string of the molecule is Nc1ccc(-n2ncc3c(=O)n(-c4ccc(Cl)cc4)c(-c4ccc(Cl)cc4)nc32)cc1. The average Bonchev–Trinajstić information content (AvgIpc) is 3.20. The second kappa shape index (κ2) is 7.58. The van der Waals surface area contributed by atoms with E-state index in [0.717, 1.165) is 11.3 Å². The number of hydrogen-bond donors (Lipinski definition) is 1. The first kappa shape index (κ1) is 19.4. The van der Waals surface area contributed by atoms with E-state index in [1.54, 1.807) is 57.8 Å². The molecule has 0 saturated carbocycles. The summed E-state index contributed by atoms with van der Waals surface area (Å²) in [4.78, 5) is 18.4. The maximum atomic E-state index is 13.6. The van der Waals surface area contributed by atoms with Crippen molar-refractivity contribution in [3.63, 3.8) is 0 Å². The van der Waals surface area contributed by atoms with E-state index in [2.05, 4.69) is 5.10 Å². The topological polar surface area (TPSA) is 78.7 Å². The summed E-state index contributed by atoms with van der Waals surface area (Å²) in [5, 5.41) is 5.98. The lowest BCUT2D eigenvalue weighted by Crippen LogP contribution is -2.22. The Kier molecular flexibility index (Phi) is 4.73. The summed E-state index contributed by atoms with van der Waals surface area (Å²) in [5.74, 6) is 0.466. The smallest absolute Gasteiger partial charge is 0.269 e. The predicted octanol–water partition coefficient (Wildman–Crippen LogP) is 5.13. The van der Waals surface area contributed by atoms with Crippen molar-refractivity contribution in [1.29, 1.82) is 0 Å². The summed E-state index contributed by atoms with van der Waals surface area (Å²) in [7, 11) is 0. The van der Waals surface area contributed by atoms with Crippen LogP contribution in [0, 0.1) is 0 Å². The molecule has 2 aromatic heterocycles. The number of nitrogen functional groups attached to an aromatic ring is 1. The summed E-state index contributed by atoms with van der Waals surface area (Å²) in [6, 6.07) is 21.4. The number of hydrogen-bond acceptors (Lipinski definition) is 4. The Labute approximate surface area is 187 Å². The van der Waals surface area contributed by atoms with Gasteiger partial charge in [0, 0.05) is 21.3 Å². The van der Waals surface area contributed by atoms with Crippen LogP contribution >= 0.6 is 23.2 Å². The predicted molar refractivity (Wildman–Crippen MR) is 124 cm³/mol. The quantitative estimate of drug-likeness (QED) is 0.389. The van der Waals surface area contributed by atoms with E-state index in [0.29, 0.717) is 38.3 Å². The van der Waals surface area contributed by atoms with Crippen LogP contribution in [0.25, 0.3) is 33.8 Å². The van der Waals surface area contributed by atoms with Gasteiger partial charge in [-0.1, -0.05) is 23.2 Å². The van der Waals surface area contributed by atoms with Gasteiger partial charge in [-0.15, -0.1) is 0 Å². The highest BCUT2D eigenvalue weighted by molar-refractivity contribution is 6.30. The van der Waals surface area contributed by atoms with Crippen LogP contribution in [0.1, 0.15) is 0 Å². The van der Waals surface area contributed by atoms with Gasteiger partial charge in [0.25, 0.3) is 5.56 Å². The lowest BCUT2D eigenvalue weighted by molar-refractivity contribution is 0.889. The Bertz CT molecular complexity index is 1450. The molecular weight excluding hydrogens is 433 g/mol. The van der Waals surface area contributed by atoms with Crippen molar-refractivity contribution in [3.05, 3.63) is 99.4 Å². The molecule has 3 aromatic carbocycles. The van der Waals surface area contributed by atoms with Crippen molar-refractivity contribution in [1.82, 2.24) is 19.3 Å². The van der Waals surface area contributed by atoms with Gasteiger partial charge in [-0.2, -0.15) is 5.10 Å². The van der Waals surface area contributed by atoms with Gasteiger partial charge in [0.05, 0.1) is 17.6 Å². The molecule has 5 rings (SSSR count). The molecule has 5 aromatic rings. The molecule has 0 amide bonds. The van der Waals surface area contributed by atoms with Crippen molar-refractivity contribution in [2.24, 2.45) is 0 Å². The number of halogens is 2. The second-order valence-corrected chi connectivity index (χ2v) is 7.82. The molecule has 0 radical (unpaired) electrons. The lowest BCUT2D eigenvalue weighted by atomic mass is 10.2. The number of anilines is 1. The molecule has 152 valence electrons. The van der Waals surface area contributed by atoms with Crippen molar-refractivity contribution in [2.75, 3.05) is 5.73 Å². The first-order chi connectivity index (χ1) is 15.0. The van der Waals surface area contributed by atoms with E-state index in [1.165, 1.54) is 6.20 Å². The molecule has 6 nitrogen and oxygen atoms in total. The highest BCUT2D eigenvalue weighted by Crippen LogP contribution is 2.25. The van der Waals surface area contributed by atoms with Crippen LogP contribution in [0.4, 0.5) is 5.69 Å². The van der Waals surface area contributed by atoms with Gasteiger partial charge in [-0.05, 0) is 72.8 Å². The van der Waals surface area contributed by atoms with Crippen molar-refractivity contribution in [2.45, 2.75) is 0 Å². The van der Waals surface area contributed by atoms with Crippen LogP contribution in [-0.2, 0) is 0 Å². The summed E-state index contributed by atoms with van der Waals surface area (Å²) in [6.45, 7) is 0. The van der Waals surface area contributed by atoms with E-state index < -0.39 is 0 Å². The summed E-state index contributed by atoms with van der Waals surface area (Å²) in [6.07, 6.45) is 1.53. The fourth-order valence-electron chi connectivity index (χ4n) is 3.39. The van der Waals surface area contributed by atoms with E-state index in [-0.39, 0.29) is 5.56 Å². The summed E-state index contributed by atoms with van der Waals surface area (Å²) < 4.78 is 3.18. The molecule has 0 unspecified atom stereocenters. The molecule has 0 spiro atoms. The minimum Gasteiger partial charge on any atom is -0.399 e. The highest BCUT2D eigenvalue weighted by Gasteiger charge is 2.18. The van der Waals surface area contributed by atoms with Gasteiger partial charge in [-0.3, -0.25) is 9.36 Å². The summed E-state index contributed by atoms with van der Waals surface area (Å²) >= 11 is 12.1. The molecule has 0 fully saturated rings. The Balaban J connectivity index is 1.83. The van der Waals surface area contributed by atoms with Gasteiger partial charge >= 0.3 is 0 Å². The highest BCUT2D eigenvalue weighted by atomic mass is 35.5. The van der Waals surface area contributed by atoms with E-state index in [4.69, 9.17) is 33.9 Å². The van der Waals surface area contributed by atoms with Crippen LogP contribution in [0.5, 0.6) is 0 Å².